The van der Waals surface area contributed by atoms with Gasteiger partial charge in [0.2, 0.25) is 0 Å². The van der Waals surface area contributed by atoms with Gasteiger partial charge in [0.1, 0.15) is 0 Å². The molecule has 0 bridgehead atoms. The van der Waals surface area contributed by atoms with E-state index < -0.39 is 0 Å². The van der Waals surface area contributed by atoms with E-state index in [4.69, 9.17) is 4.98 Å². The average molecular weight is 1770 g/mol. The Kier molecular flexibility index (Phi) is 16.2. The number of benzene rings is 18. The fourth-order valence-electron chi connectivity index (χ4n) is 23.8. The van der Waals surface area contributed by atoms with Crippen molar-refractivity contribution in [1.29, 1.82) is 0 Å². The van der Waals surface area contributed by atoms with Gasteiger partial charge in [-0.2, -0.15) is 0 Å². The zero-order valence-electron chi connectivity index (χ0n) is 72.9. The van der Waals surface area contributed by atoms with E-state index in [0.717, 1.165) is 29.3 Å². The fraction of sp³-hybridized carbons (Fsp3) is 0.0320. The molecule has 0 saturated carbocycles. The Morgan fingerprint density at radius 3 is 1.53 bits per heavy atom. The molecule has 0 spiro atoms. The molecule has 135 heavy (non-hydrogen) atoms. The van der Waals surface area contributed by atoms with Gasteiger partial charge in [-0.15, -0.1) is 34.0 Å². The van der Waals surface area contributed by atoms with Crippen LogP contribution in [0.4, 0.5) is 11.5 Å². The summed E-state index contributed by atoms with van der Waals surface area (Å²) in [4.78, 5) is 7.67. The largest absolute Gasteiger partial charge is 0.333 e. The van der Waals surface area contributed by atoms with Crippen molar-refractivity contribution in [2.24, 2.45) is 0 Å². The van der Waals surface area contributed by atoms with Crippen LogP contribution >= 0.6 is 34.0 Å². The number of pyridine rings is 1. The lowest BCUT2D eigenvalue weighted by molar-refractivity contribution is 0.636. The van der Waals surface area contributed by atoms with Crippen LogP contribution in [-0.2, 0) is 6.42 Å². The molecule has 2 aliphatic carbocycles. The molecule has 3 unspecified atom stereocenters. The van der Waals surface area contributed by atoms with E-state index in [1.54, 1.807) is 0 Å². The zero-order chi connectivity index (χ0) is 87.9. The molecule has 30 rings (SSSR count). The van der Waals surface area contributed by atoms with Crippen LogP contribution < -0.4 is 4.90 Å². The Labute approximate surface area is 787 Å². The first kappa shape index (κ1) is 75.2. The lowest BCUT2D eigenvalue weighted by Crippen LogP contribution is -2.29. The van der Waals surface area contributed by atoms with Gasteiger partial charge >= 0.3 is 0 Å². The second kappa shape index (κ2) is 29.0. The van der Waals surface area contributed by atoms with Crippen LogP contribution in [0.5, 0.6) is 0 Å². The van der Waals surface area contributed by atoms with Gasteiger partial charge in [-0.1, -0.05) is 279 Å². The number of anilines is 2. The van der Waals surface area contributed by atoms with Gasteiger partial charge in [0.25, 0.3) is 0 Å². The predicted octanol–water partition coefficient (Wildman–Crippen LogP) is 34.4. The van der Waals surface area contributed by atoms with Crippen molar-refractivity contribution in [2.45, 2.75) is 24.4 Å². The third-order valence-corrected chi connectivity index (χ3v) is 33.2. The first-order valence-corrected chi connectivity index (χ1v) is 49.1. The molecule has 9 aromatic heterocycles. The maximum absolute atomic E-state index is 5.19. The van der Waals surface area contributed by atoms with E-state index in [1.807, 2.05) is 40.2 Å². The molecule has 0 radical (unpaired) electrons. The standard InChI is InChI=1S/C125H77N7S3/c1-12-46-107-86(30-1)87-31-2-13-47-108(87)132(107)125-124-97(64-65-126-125)103-73-84(58-63-118(103)134-124)130-110-49-15-7-37-99(110)121-94(40-22-51-115(121)130)93-39-21-50-114-120(93)98-36-6-14-48-109(98)129(114)83-57-62-112-102(72-83)90-34-4-10-44-105(90)128(112)81-28-18-25-75(67-81)74-24-17-27-80(66-74)85-38-20-41-95-92-59-54-79(71-119(92)135-122(85)95)76-26-19-29-82(68-76)127-104-43-9-3-32-88(104)100-69-77(55-60-111(100)127)78-56-61-113-101(70-78)89-33-5-11-45-106(89)131(113)116-52-23-42-96-91-35-8-16-53-117(91)133-123(96)116/h1-71,73,83,86,107H,72H2. The monoisotopic (exact) mass is 1770 g/mol. The van der Waals surface area contributed by atoms with E-state index in [2.05, 4.69) is 459 Å². The van der Waals surface area contributed by atoms with Crippen molar-refractivity contribution in [3.63, 3.8) is 0 Å². The van der Waals surface area contributed by atoms with E-state index in [0.29, 0.717) is 0 Å². The number of hydrogen-bond donors (Lipinski definition) is 0. The summed E-state index contributed by atoms with van der Waals surface area (Å²) in [6, 6.07) is 149. The van der Waals surface area contributed by atoms with E-state index in [9.17, 15) is 0 Å². The van der Waals surface area contributed by atoms with Gasteiger partial charge in [-0.05, 0) is 225 Å². The number of rotatable bonds is 11. The number of allylic oxidation sites excluding steroid dienone is 3. The molecule has 3 aliphatic rings. The minimum Gasteiger partial charge on any atom is -0.333 e. The number of para-hydroxylation sites is 6. The minimum atomic E-state index is 0.0401. The molecule has 10 heteroatoms. The fourth-order valence-corrected chi connectivity index (χ4v) is 27.4. The quantitative estimate of drug-likeness (QED) is 0.129. The molecule has 1 aliphatic heterocycles. The van der Waals surface area contributed by atoms with Crippen molar-refractivity contribution in [3.05, 3.63) is 448 Å². The highest BCUT2D eigenvalue weighted by Crippen LogP contribution is 2.54. The molecular formula is C125H77N7S3. The van der Waals surface area contributed by atoms with E-state index in [1.165, 1.54) is 242 Å². The lowest BCUT2D eigenvalue weighted by Gasteiger charge is -2.28. The molecule has 0 N–H and O–H groups in total. The van der Waals surface area contributed by atoms with Crippen molar-refractivity contribution in [3.8, 4) is 78.4 Å². The summed E-state index contributed by atoms with van der Waals surface area (Å²) >= 11 is 5.63. The summed E-state index contributed by atoms with van der Waals surface area (Å²) in [6.07, 6.45) is 16.8. The third-order valence-electron chi connectivity index (χ3n) is 29.6. The first-order chi connectivity index (χ1) is 67.0. The van der Waals surface area contributed by atoms with Crippen LogP contribution in [0.25, 0.3) is 243 Å². The summed E-state index contributed by atoms with van der Waals surface area (Å²) in [5.74, 6) is 1.30. The number of hydrogen-bond acceptors (Lipinski definition) is 5. The Bertz CT molecular complexity index is 9950. The molecule has 630 valence electrons. The number of aromatic nitrogens is 6. The maximum atomic E-state index is 5.19. The Balaban J connectivity index is 0.457. The topological polar surface area (TPSA) is 40.8 Å². The number of thiophene rings is 3. The SMILES string of the molecule is C1=CC2c3ccccc3N(c3nccc4c3sc3ccc(-n5c6ccccc6c6c(-c7cccc8c7c7ccccc7n8C7C=Cc8c(c9ccccc9n8-c8cccc(-c9cccc(-c%10cccc%11c%10sc%10cc(-c%12cccc(-n%13c%14ccccc%14c%14cc(-c%15ccc%16c(c%15)c%15ccccc%15n%16-c%15cccc%16c%15sc%15ccccc%15%16)ccc%14%13)c%12)ccc%10%11)c9)c8)C7)cccc65)cc34)C2C=C1. The molecule has 0 saturated heterocycles. The molecule has 10 heterocycles. The summed E-state index contributed by atoms with van der Waals surface area (Å²) in [7, 11) is 0. The second-order valence-electron chi connectivity index (χ2n) is 36.6. The van der Waals surface area contributed by atoms with E-state index in [-0.39, 0.29) is 18.0 Å². The lowest BCUT2D eigenvalue weighted by atomic mass is 9.91. The average Bonchev–Trinajstić information content (AvgIpc) is 1.56. The van der Waals surface area contributed by atoms with Crippen LogP contribution in [0.3, 0.4) is 0 Å². The maximum Gasteiger partial charge on any atom is 0.151 e. The summed E-state index contributed by atoms with van der Waals surface area (Å²) in [5.41, 5.74) is 32.6. The first-order valence-electron chi connectivity index (χ1n) is 46.6. The highest BCUT2D eigenvalue weighted by atomic mass is 32.1. The van der Waals surface area contributed by atoms with Gasteiger partial charge in [-0.25, -0.2) is 4.98 Å². The zero-order valence-corrected chi connectivity index (χ0v) is 75.3. The van der Waals surface area contributed by atoms with Gasteiger partial charge < -0.3 is 27.7 Å². The van der Waals surface area contributed by atoms with Crippen LogP contribution in [-0.4, -0.2) is 33.9 Å². The van der Waals surface area contributed by atoms with Gasteiger partial charge in [0.05, 0.1) is 71.3 Å². The number of nitrogens with zero attached hydrogens (tertiary/aromatic N) is 7. The highest BCUT2D eigenvalue weighted by molar-refractivity contribution is 7.27. The Hall–Kier alpha value is -16.5. The van der Waals surface area contributed by atoms with Crippen LogP contribution in [0, 0.1) is 0 Å². The number of fused-ring (bicyclic) bond motifs is 27. The molecule has 3 atom stereocenters. The molecule has 7 nitrogen and oxygen atoms in total. The van der Waals surface area contributed by atoms with Crippen molar-refractivity contribution in [2.75, 3.05) is 4.90 Å². The molecule has 0 amide bonds. The normalized spacial score (nSPS) is 14.9. The van der Waals surface area contributed by atoms with Gasteiger partial charge in [-0.3, -0.25) is 0 Å². The van der Waals surface area contributed by atoms with Crippen molar-refractivity contribution >= 4 is 210 Å². The summed E-state index contributed by atoms with van der Waals surface area (Å²) < 4.78 is 20.2. The van der Waals surface area contributed by atoms with Crippen LogP contribution in [0.1, 0.15) is 28.8 Å². The van der Waals surface area contributed by atoms with Crippen molar-refractivity contribution < 1.29 is 0 Å². The molecule has 27 aromatic rings. The highest BCUT2D eigenvalue weighted by Gasteiger charge is 2.39. The Morgan fingerprint density at radius 1 is 0.267 bits per heavy atom. The molecule has 0 fully saturated rings. The third kappa shape index (κ3) is 11.1. The minimum absolute atomic E-state index is 0.0401. The van der Waals surface area contributed by atoms with Crippen LogP contribution in [0.15, 0.2) is 431 Å². The van der Waals surface area contributed by atoms with Gasteiger partial charge in [0, 0.05) is 146 Å². The van der Waals surface area contributed by atoms with E-state index >= 15 is 0 Å². The summed E-state index contributed by atoms with van der Waals surface area (Å²) in [5, 5.41) is 18.9. The Morgan fingerprint density at radius 2 is 0.756 bits per heavy atom. The van der Waals surface area contributed by atoms with Gasteiger partial charge in [0.15, 0.2) is 5.82 Å². The summed E-state index contributed by atoms with van der Waals surface area (Å²) in [6.45, 7) is 0. The van der Waals surface area contributed by atoms with Crippen LogP contribution in [0.2, 0.25) is 0 Å². The molecular weight excluding hydrogens is 1700 g/mol. The molecule has 18 aromatic carbocycles. The predicted molar refractivity (Wildman–Crippen MR) is 575 cm³/mol. The smallest absolute Gasteiger partial charge is 0.151 e. The van der Waals surface area contributed by atoms with Crippen molar-refractivity contribution in [1.82, 2.24) is 27.8 Å². The second-order valence-corrected chi connectivity index (χ2v) is 39.7.